The van der Waals surface area contributed by atoms with Crippen molar-refractivity contribution < 1.29 is 9.15 Å². The zero-order chi connectivity index (χ0) is 31.6. The van der Waals surface area contributed by atoms with E-state index >= 15 is 0 Å². The first kappa shape index (κ1) is 26.8. The van der Waals surface area contributed by atoms with Gasteiger partial charge in [0, 0.05) is 39.0 Å². The van der Waals surface area contributed by atoms with E-state index in [0.29, 0.717) is 17.5 Å². The maximum atomic E-state index is 6.41. The molecular weight excluding hydrogens is 590 g/mol. The molecule has 2 aromatic heterocycles. The Labute approximate surface area is 276 Å². The predicted molar refractivity (Wildman–Crippen MR) is 192 cm³/mol. The number of furan rings is 1. The third kappa shape index (κ3) is 4.28. The van der Waals surface area contributed by atoms with Gasteiger partial charge in [0.1, 0.15) is 23.0 Å². The average molecular weight is 618 g/mol. The lowest BCUT2D eigenvalue weighted by Gasteiger charge is -2.19. The molecule has 0 saturated heterocycles. The minimum Gasteiger partial charge on any atom is -0.485 e. The largest absolute Gasteiger partial charge is 0.485 e. The summed E-state index contributed by atoms with van der Waals surface area (Å²) in [7, 11) is 0. The van der Waals surface area contributed by atoms with Crippen LogP contribution in [0, 0.1) is 0 Å². The normalized spacial score (nSPS) is 16.5. The molecule has 0 amide bonds. The van der Waals surface area contributed by atoms with Crippen LogP contribution in [-0.2, 0) is 0 Å². The SMILES string of the molecule is C1=CC2Oc3ccccc3C2C=C1c1nc(-c2ccccc2)nc(-c2c(-c3ccc4ccccc4c3)ccc3oc4ccccc4c23)n1. The first-order valence-electron chi connectivity index (χ1n) is 16.2. The fraction of sp³-hybridized carbons (Fsp3) is 0.0465. The first-order chi connectivity index (χ1) is 23.8. The molecular formula is C43H27N3O2. The number of ether oxygens (including phenoxy) is 1. The number of fused-ring (bicyclic) bond motifs is 7. The lowest BCUT2D eigenvalue weighted by atomic mass is 9.89. The molecule has 1 aliphatic carbocycles. The maximum absolute atomic E-state index is 6.41. The number of rotatable bonds is 4. The van der Waals surface area contributed by atoms with Crippen LogP contribution in [0.2, 0.25) is 0 Å². The van der Waals surface area contributed by atoms with Gasteiger partial charge < -0.3 is 9.15 Å². The van der Waals surface area contributed by atoms with Crippen LogP contribution in [0.3, 0.4) is 0 Å². The van der Waals surface area contributed by atoms with Crippen molar-refractivity contribution in [1.82, 2.24) is 15.0 Å². The van der Waals surface area contributed by atoms with Gasteiger partial charge in [-0.15, -0.1) is 0 Å². The highest BCUT2D eigenvalue weighted by atomic mass is 16.5. The Morgan fingerprint density at radius 2 is 1.33 bits per heavy atom. The second-order valence-corrected chi connectivity index (χ2v) is 12.3. The van der Waals surface area contributed by atoms with E-state index in [4.69, 9.17) is 24.1 Å². The van der Waals surface area contributed by atoms with Crippen LogP contribution < -0.4 is 4.74 Å². The van der Waals surface area contributed by atoms with Gasteiger partial charge in [-0.3, -0.25) is 0 Å². The monoisotopic (exact) mass is 617 g/mol. The fourth-order valence-electron chi connectivity index (χ4n) is 7.18. The van der Waals surface area contributed by atoms with Gasteiger partial charge in [-0.1, -0.05) is 115 Å². The summed E-state index contributed by atoms with van der Waals surface area (Å²) in [4.78, 5) is 15.6. The first-order valence-corrected chi connectivity index (χ1v) is 16.2. The summed E-state index contributed by atoms with van der Waals surface area (Å²) in [6.45, 7) is 0. The lowest BCUT2D eigenvalue weighted by molar-refractivity contribution is 0.269. The molecule has 10 rings (SSSR count). The van der Waals surface area contributed by atoms with E-state index in [1.54, 1.807) is 0 Å². The second kappa shape index (κ2) is 10.6. The summed E-state index contributed by atoms with van der Waals surface area (Å²) in [6, 6.07) is 45.8. The highest BCUT2D eigenvalue weighted by Gasteiger charge is 2.34. The van der Waals surface area contributed by atoms with E-state index in [0.717, 1.165) is 55.5 Å². The van der Waals surface area contributed by atoms with Crippen LogP contribution in [0.4, 0.5) is 0 Å². The van der Waals surface area contributed by atoms with E-state index in [1.165, 1.54) is 16.3 Å². The standard InChI is InChI=1S/C43H27N3O2/c1-2-11-27(12-3-1)41-44-42(30-20-22-37-34(25-30)32-14-6-8-16-35(32)47-37)46-43(45-41)40-31(29-19-18-26-10-4-5-13-28(26)24-29)21-23-38-39(40)33-15-7-9-17-36(33)48-38/h1-25,34,37H. The number of aromatic nitrogens is 3. The molecule has 226 valence electrons. The number of nitrogens with zero attached hydrogens (tertiary/aromatic N) is 3. The molecule has 8 aromatic rings. The Hall–Kier alpha value is -6.33. The molecule has 0 bridgehead atoms. The Kier molecular flexibility index (Phi) is 5.93. The van der Waals surface area contributed by atoms with Crippen LogP contribution in [0.25, 0.3) is 72.2 Å². The molecule has 5 heteroatoms. The number of hydrogen-bond donors (Lipinski definition) is 0. The Morgan fingerprint density at radius 1 is 0.562 bits per heavy atom. The number of benzene rings is 6. The van der Waals surface area contributed by atoms with Crippen LogP contribution in [-0.4, -0.2) is 21.1 Å². The molecule has 0 spiro atoms. The molecule has 3 heterocycles. The van der Waals surface area contributed by atoms with Crippen molar-refractivity contribution in [1.29, 1.82) is 0 Å². The topological polar surface area (TPSA) is 61.0 Å². The second-order valence-electron chi connectivity index (χ2n) is 12.3. The Bertz CT molecular complexity index is 2620. The fourth-order valence-corrected chi connectivity index (χ4v) is 7.18. The number of allylic oxidation sites excluding steroid dienone is 2. The molecule has 0 saturated carbocycles. The van der Waals surface area contributed by atoms with Crippen molar-refractivity contribution in [2.24, 2.45) is 0 Å². The van der Waals surface area contributed by atoms with E-state index in [-0.39, 0.29) is 12.0 Å². The third-order valence-corrected chi connectivity index (χ3v) is 9.47. The van der Waals surface area contributed by atoms with Gasteiger partial charge in [-0.2, -0.15) is 0 Å². The van der Waals surface area contributed by atoms with E-state index in [2.05, 4.69) is 91.0 Å². The average Bonchev–Trinajstić information content (AvgIpc) is 3.72. The molecule has 0 N–H and O–H groups in total. The zero-order valence-electron chi connectivity index (χ0n) is 25.7. The minimum absolute atomic E-state index is 0.0494. The molecule has 0 fully saturated rings. The number of hydrogen-bond acceptors (Lipinski definition) is 5. The van der Waals surface area contributed by atoms with Gasteiger partial charge in [0.2, 0.25) is 0 Å². The summed E-state index contributed by atoms with van der Waals surface area (Å²) in [6.07, 6.45) is 6.39. The van der Waals surface area contributed by atoms with Gasteiger partial charge in [-0.05, 0) is 58.3 Å². The van der Waals surface area contributed by atoms with Crippen LogP contribution >= 0.6 is 0 Å². The van der Waals surface area contributed by atoms with E-state index in [1.807, 2.05) is 60.7 Å². The summed E-state index contributed by atoms with van der Waals surface area (Å²) < 4.78 is 12.7. The van der Waals surface area contributed by atoms with Crippen molar-refractivity contribution in [3.63, 3.8) is 0 Å². The molecule has 2 aliphatic rings. The van der Waals surface area contributed by atoms with E-state index < -0.39 is 0 Å². The van der Waals surface area contributed by atoms with Gasteiger partial charge >= 0.3 is 0 Å². The smallest absolute Gasteiger partial charge is 0.165 e. The van der Waals surface area contributed by atoms with Gasteiger partial charge in [0.25, 0.3) is 0 Å². The lowest BCUT2D eigenvalue weighted by Crippen LogP contribution is -2.17. The molecule has 0 radical (unpaired) electrons. The van der Waals surface area contributed by atoms with Crippen LogP contribution in [0.1, 0.15) is 17.3 Å². The van der Waals surface area contributed by atoms with Crippen molar-refractivity contribution in [2.75, 3.05) is 0 Å². The number of para-hydroxylation sites is 2. The summed E-state index contributed by atoms with van der Waals surface area (Å²) in [5.41, 5.74) is 7.68. The zero-order valence-corrected chi connectivity index (χ0v) is 25.7. The molecule has 48 heavy (non-hydrogen) atoms. The summed E-state index contributed by atoms with van der Waals surface area (Å²) >= 11 is 0. The van der Waals surface area contributed by atoms with Gasteiger partial charge in [0.15, 0.2) is 17.5 Å². The molecule has 2 atom stereocenters. The van der Waals surface area contributed by atoms with Crippen LogP contribution in [0.15, 0.2) is 156 Å². The summed E-state index contributed by atoms with van der Waals surface area (Å²) in [5, 5.41) is 4.37. The van der Waals surface area contributed by atoms with Crippen molar-refractivity contribution in [2.45, 2.75) is 12.0 Å². The highest BCUT2D eigenvalue weighted by Crippen LogP contribution is 2.45. The predicted octanol–water partition coefficient (Wildman–Crippen LogP) is 10.4. The highest BCUT2D eigenvalue weighted by molar-refractivity contribution is 6.15. The third-order valence-electron chi connectivity index (χ3n) is 9.47. The quantitative estimate of drug-likeness (QED) is 0.197. The van der Waals surface area contributed by atoms with Crippen molar-refractivity contribution in [3.05, 3.63) is 163 Å². The van der Waals surface area contributed by atoms with Gasteiger partial charge in [0.05, 0.1) is 0 Å². The molecule has 5 nitrogen and oxygen atoms in total. The maximum Gasteiger partial charge on any atom is 0.165 e. The molecule has 2 unspecified atom stereocenters. The Balaban J connectivity index is 1.25. The van der Waals surface area contributed by atoms with E-state index in [9.17, 15) is 0 Å². The van der Waals surface area contributed by atoms with Gasteiger partial charge in [-0.25, -0.2) is 15.0 Å². The molecule has 6 aromatic carbocycles. The van der Waals surface area contributed by atoms with Crippen molar-refractivity contribution in [3.8, 4) is 39.7 Å². The minimum atomic E-state index is -0.0494. The molecule has 1 aliphatic heterocycles. The Morgan fingerprint density at radius 3 is 2.27 bits per heavy atom. The summed E-state index contributed by atoms with van der Waals surface area (Å²) in [5.74, 6) is 2.83. The van der Waals surface area contributed by atoms with Crippen LogP contribution in [0.5, 0.6) is 5.75 Å². The van der Waals surface area contributed by atoms with Crippen molar-refractivity contribution >= 4 is 38.3 Å².